The number of amidine groups is 1. The average molecular weight is 483 g/mol. The molecule has 0 bridgehead atoms. The molecule has 9 heteroatoms. The molecular formula is C25H30N4O4S. The number of likely N-dealkylation sites (tertiary alicyclic amines) is 1. The van der Waals surface area contributed by atoms with Gasteiger partial charge in [0.1, 0.15) is 16.7 Å². The summed E-state index contributed by atoms with van der Waals surface area (Å²) < 4.78 is 34.3. The van der Waals surface area contributed by atoms with E-state index in [9.17, 15) is 13.2 Å². The number of sulfonamides is 1. The molecule has 2 fully saturated rings. The number of fused-ring (bicyclic) bond motifs is 1. The van der Waals surface area contributed by atoms with E-state index in [4.69, 9.17) is 4.74 Å². The van der Waals surface area contributed by atoms with Gasteiger partial charge in [-0.05, 0) is 49.1 Å². The van der Waals surface area contributed by atoms with Crippen LogP contribution in [0, 0.1) is 0 Å². The van der Waals surface area contributed by atoms with Gasteiger partial charge in [0.25, 0.3) is 10.0 Å². The van der Waals surface area contributed by atoms with Crippen molar-refractivity contribution in [3.05, 3.63) is 59.7 Å². The van der Waals surface area contributed by atoms with Gasteiger partial charge in [0, 0.05) is 44.8 Å². The maximum absolute atomic E-state index is 13.4. The number of rotatable bonds is 5. The highest BCUT2D eigenvalue weighted by molar-refractivity contribution is 7.90. The maximum atomic E-state index is 13.4. The molecule has 180 valence electrons. The molecule has 2 saturated heterocycles. The number of hydrogen-bond acceptors (Lipinski definition) is 6. The van der Waals surface area contributed by atoms with Crippen LogP contribution in [0.5, 0.6) is 5.75 Å². The average Bonchev–Trinajstić information content (AvgIpc) is 3.45. The highest BCUT2D eigenvalue weighted by Crippen LogP contribution is 2.31. The number of carbonyl (C=O) groups excluding carboxylic acids is 1. The van der Waals surface area contributed by atoms with Gasteiger partial charge in [-0.25, -0.2) is 0 Å². The molecule has 3 heterocycles. The Labute approximate surface area is 200 Å². The third-order valence-electron chi connectivity index (χ3n) is 6.98. The Balaban J connectivity index is 1.19. The van der Waals surface area contributed by atoms with Gasteiger partial charge < -0.3 is 14.5 Å². The summed E-state index contributed by atoms with van der Waals surface area (Å²) in [6.07, 6.45) is 2.53. The van der Waals surface area contributed by atoms with Crippen molar-refractivity contribution in [1.82, 2.24) is 14.7 Å². The predicted molar refractivity (Wildman–Crippen MR) is 130 cm³/mol. The lowest BCUT2D eigenvalue weighted by Crippen LogP contribution is -2.54. The lowest BCUT2D eigenvalue weighted by atomic mass is 10.1. The second-order valence-corrected chi connectivity index (χ2v) is 10.6. The van der Waals surface area contributed by atoms with Gasteiger partial charge in [-0.3, -0.25) is 9.69 Å². The number of ether oxygens (including phenoxy) is 1. The molecule has 1 amide bonds. The van der Waals surface area contributed by atoms with Crippen LogP contribution in [0.2, 0.25) is 0 Å². The molecule has 0 aromatic heterocycles. The molecule has 0 unspecified atom stereocenters. The first-order valence-corrected chi connectivity index (χ1v) is 13.3. The molecule has 0 N–H and O–H groups in total. The van der Waals surface area contributed by atoms with Crippen molar-refractivity contribution in [2.24, 2.45) is 4.40 Å². The van der Waals surface area contributed by atoms with Crippen LogP contribution in [-0.2, 0) is 21.2 Å². The monoisotopic (exact) mass is 482 g/mol. The van der Waals surface area contributed by atoms with E-state index in [2.05, 4.69) is 21.4 Å². The van der Waals surface area contributed by atoms with Gasteiger partial charge >= 0.3 is 0 Å². The third-order valence-corrected chi connectivity index (χ3v) is 8.31. The molecule has 8 nitrogen and oxygen atoms in total. The summed E-state index contributed by atoms with van der Waals surface area (Å²) in [5.41, 5.74) is 1.87. The Bertz CT molecular complexity index is 1190. The SMILES string of the molecule is COc1ccc(CCN2CCN(C(=O)[C@@H]3CCCN3C3=NS(=O)(=O)c4ccccc43)CC2)cc1. The van der Waals surface area contributed by atoms with Crippen LogP contribution in [0.25, 0.3) is 0 Å². The van der Waals surface area contributed by atoms with Gasteiger partial charge in [0.2, 0.25) is 5.91 Å². The molecule has 0 saturated carbocycles. The molecule has 34 heavy (non-hydrogen) atoms. The van der Waals surface area contributed by atoms with Crippen molar-refractivity contribution in [1.29, 1.82) is 0 Å². The Morgan fingerprint density at radius 2 is 1.76 bits per heavy atom. The topological polar surface area (TPSA) is 82.5 Å². The summed E-state index contributed by atoms with van der Waals surface area (Å²) in [4.78, 5) is 19.9. The quantitative estimate of drug-likeness (QED) is 0.648. The molecule has 0 spiro atoms. The Morgan fingerprint density at radius 3 is 2.50 bits per heavy atom. The van der Waals surface area contributed by atoms with E-state index in [0.717, 1.165) is 44.6 Å². The van der Waals surface area contributed by atoms with Gasteiger partial charge in [-0.15, -0.1) is 4.40 Å². The minimum Gasteiger partial charge on any atom is -0.497 e. The standard InChI is InChI=1S/C25H30N4O4S/c1-33-20-10-8-19(9-11-20)12-14-27-15-17-28(18-16-27)25(30)22-6-4-13-29(22)24-21-5-2-3-7-23(21)34(31,32)26-24/h2-3,5,7-11,22H,4,6,12-18H2,1H3/t22-/m0/s1. The Morgan fingerprint density at radius 1 is 1.03 bits per heavy atom. The summed E-state index contributed by atoms with van der Waals surface area (Å²) in [6.45, 7) is 4.65. The van der Waals surface area contributed by atoms with Crippen molar-refractivity contribution < 1.29 is 17.9 Å². The lowest BCUT2D eigenvalue weighted by Gasteiger charge is -2.37. The molecule has 0 aliphatic carbocycles. The first-order chi connectivity index (χ1) is 16.5. The number of amides is 1. The van der Waals surface area contributed by atoms with Crippen molar-refractivity contribution >= 4 is 21.8 Å². The molecule has 5 rings (SSSR count). The normalized spacial score (nSPS) is 21.9. The fourth-order valence-electron chi connectivity index (χ4n) is 5.05. The van der Waals surface area contributed by atoms with Gasteiger partial charge in [0.05, 0.1) is 7.11 Å². The summed E-state index contributed by atoms with van der Waals surface area (Å²) in [6, 6.07) is 14.7. The van der Waals surface area contributed by atoms with Crippen LogP contribution in [0.15, 0.2) is 57.8 Å². The van der Waals surface area contributed by atoms with Gasteiger partial charge in [0.15, 0.2) is 5.84 Å². The highest BCUT2D eigenvalue weighted by Gasteiger charge is 2.40. The molecule has 1 atom stereocenters. The molecule has 3 aliphatic rings. The minimum atomic E-state index is -3.70. The summed E-state index contributed by atoms with van der Waals surface area (Å²) in [5, 5.41) is 0. The highest BCUT2D eigenvalue weighted by atomic mass is 32.2. The maximum Gasteiger partial charge on any atom is 0.285 e. The van der Waals surface area contributed by atoms with Crippen LogP contribution in [-0.4, -0.2) is 87.3 Å². The van der Waals surface area contributed by atoms with Crippen molar-refractivity contribution in [2.75, 3.05) is 46.4 Å². The fourth-order valence-corrected chi connectivity index (χ4v) is 6.27. The van der Waals surface area contributed by atoms with E-state index in [0.29, 0.717) is 31.0 Å². The van der Waals surface area contributed by atoms with Gasteiger partial charge in [-0.2, -0.15) is 8.42 Å². The van der Waals surface area contributed by atoms with Crippen LogP contribution < -0.4 is 4.74 Å². The molecule has 2 aromatic rings. The van der Waals surface area contributed by atoms with Crippen molar-refractivity contribution in [3.8, 4) is 5.75 Å². The Hall–Kier alpha value is -2.91. The Kier molecular flexibility index (Phi) is 6.31. The number of benzene rings is 2. The van der Waals surface area contributed by atoms with Crippen LogP contribution in [0.1, 0.15) is 24.0 Å². The second-order valence-electron chi connectivity index (χ2n) is 9.00. The van der Waals surface area contributed by atoms with Crippen molar-refractivity contribution in [2.45, 2.75) is 30.2 Å². The lowest BCUT2D eigenvalue weighted by molar-refractivity contribution is -0.136. The number of hydrogen-bond donors (Lipinski definition) is 0. The molecule has 0 radical (unpaired) electrons. The van der Waals surface area contributed by atoms with E-state index in [1.54, 1.807) is 25.3 Å². The molecular weight excluding hydrogens is 452 g/mol. The molecule has 3 aliphatic heterocycles. The molecule has 2 aromatic carbocycles. The van der Waals surface area contributed by atoms with E-state index in [-0.39, 0.29) is 16.8 Å². The van der Waals surface area contributed by atoms with Crippen LogP contribution in [0.3, 0.4) is 0 Å². The fraction of sp³-hybridized carbons (Fsp3) is 0.440. The van der Waals surface area contributed by atoms with Crippen molar-refractivity contribution in [3.63, 3.8) is 0 Å². The first-order valence-electron chi connectivity index (χ1n) is 11.8. The van der Waals surface area contributed by atoms with E-state index >= 15 is 0 Å². The van der Waals surface area contributed by atoms with E-state index in [1.165, 1.54) is 5.56 Å². The first kappa shape index (κ1) is 22.9. The summed E-state index contributed by atoms with van der Waals surface area (Å²) in [5.74, 6) is 1.36. The number of methoxy groups -OCH3 is 1. The number of carbonyl (C=O) groups is 1. The zero-order valence-corrected chi connectivity index (χ0v) is 20.2. The largest absolute Gasteiger partial charge is 0.497 e. The van der Waals surface area contributed by atoms with E-state index in [1.807, 2.05) is 28.0 Å². The predicted octanol–water partition coefficient (Wildman–Crippen LogP) is 2.00. The van der Waals surface area contributed by atoms with Gasteiger partial charge in [-0.1, -0.05) is 24.3 Å². The summed E-state index contributed by atoms with van der Waals surface area (Å²) >= 11 is 0. The zero-order chi connectivity index (χ0) is 23.7. The number of nitrogens with zero attached hydrogens (tertiary/aromatic N) is 4. The van der Waals surface area contributed by atoms with Crippen LogP contribution >= 0.6 is 0 Å². The second kappa shape index (κ2) is 9.38. The minimum absolute atomic E-state index is 0.0804. The third kappa shape index (κ3) is 4.42. The smallest absolute Gasteiger partial charge is 0.285 e. The summed E-state index contributed by atoms with van der Waals surface area (Å²) in [7, 11) is -2.03. The van der Waals surface area contributed by atoms with E-state index < -0.39 is 10.0 Å². The number of piperazine rings is 1. The zero-order valence-electron chi connectivity index (χ0n) is 19.4. The van der Waals surface area contributed by atoms with Crippen LogP contribution in [0.4, 0.5) is 0 Å².